The molecule has 2 aromatic carbocycles. The number of hydrogen-bond acceptors (Lipinski definition) is 1. The van der Waals surface area contributed by atoms with Gasteiger partial charge in [-0.3, -0.25) is 4.79 Å². The highest BCUT2D eigenvalue weighted by atomic mass is 79.9. The van der Waals surface area contributed by atoms with Crippen molar-refractivity contribution in [1.82, 2.24) is 0 Å². The lowest BCUT2D eigenvalue weighted by atomic mass is 10.0. The molecule has 0 saturated carbocycles. The summed E-state index contributed by atoms with van der Waals surface area (Å²) in [6, 6.07) is 8.29. The fraction of sp³-hybridized carbons (Fsp3) is 0.0714. The van der Waals surface area contributed by atoms with Gasteiger partial charge in [0.05, 0.1) is 9.50 Å². The lowest BCUT2D eigenvalue weighted by molar-refractivity contribution is 0.0992. The van der Waals surface area contributed by atoms with Crippen LogP contribution in [0.1, 0.15) is 15.9 Å². The second-order valence-electron chi connectivity index (χ2n) is 3.98. The molecule has 0 aliphatic heterocycles. The second-order valence-corrected chi connectivity index (χ2v) is 5.24. The summed E-state index contributed by atoms with van der Waals surface area (Å²) >= 11 is 8.57. The largest absolute Gasteiger partial charge is 0.294 e. The molecule has 0 bridgehead atoms. The van der Waals surface area contributed by atoms with Gasteiger partial charge >= 0.3 is 0 Å². The Morgan fingerprint density at radius 3 is 2.47 bits per heavy atom. The van der Waals surface area contributed by atoms with Gasteiger partial charge in [0.15, 0.2) is 5.78 Å². The van der Waals surface area contributed by atoms with E-state index in [4.69, 9.17) is 11.6 Å². The molecular weight excluding hydrogens is 338 g/mol. The Hall–Kier alpha value is -1.26. The van der Waals surface area contributed by atoms with Gasteiger partial charge < -0.3 is 0 Å². The first-order chi connectivity index (χ1) is 8.97. The van der Waals surface area contributed by atoms with E-state index in [0.29, 0.717) is 10.0 Å². The first-order valence-corrected chi connectivity index (χ1v) is 6.56. The lowest BCUT2D eigenvalue weighted by Crippen LogP contribution is -2.04. The lowest BCUT2D eigenvalue weighted by Gasteiger charge is -2.04. The van der Waals surface area contributed by atoms with Gasteiger partial charge in [-0.2, -0.15) is 0 Å². The summed E-state index contributed by atoms with van der Waals surface area (Å²) in [6.45, 7) is 0. The van der Waals surface area contributed by atoms with Crippen LogP contribution in [0.15, 0.2) is 40.9 Å². The first-order valence-electron chi connectivity index (χ1n) is 5.39. The molecule has 0 aliphatic carbocycles. The van der Waals surface area contributed by atoms with Crippen molar-refractivity contribution in [2.24, 2.45) is 0 Å². The van der Waals surface area contributed by atoms with Crippen LogP contribution in [0.3, 0.4) is 0 Å². The third kappa shape index (κ3) is 3.39. The molecule has 2 aromatic rings. The predicted octanol–water partition coefficient (Wildman–Crippen LogP) is 4.81. The summed E-state index contributed by atoms with van der Waals surface area (Å²) in [5.41, 5.74) is 0.742. The molecule has 0 radical (unpaired) electrons. The molecule has 2 rings (SSSR count). The van der Waals surface area contributed by atoms with Crippen LogP contribution in [0.2, 0.25) is 5.02 Å². The van der Waals surface area contributed by atoms with Gasteiger partial charge in [-0.15, -0.1) is 0 Å². The number of rotatable bonds is 3. The van der Waals surface area contributed by atoms with Crippen molar-refractivity contribution >= 4 is 33.3 Å². The minimum absolute atomic E-state index is 0.00480. The van der Waals surface area contributed by atoms with Crippen LogP contribution in [-0.2, 0) is 6.42 Å². The van der Waals surface area contributed by atoms with Gasteiger partial charge in [0, 0.05) is 12.0 Å². The predicted molar refractivity (Wildman–Crippen MR) is 73.5 cm³/mol. The Morgan fingerprint density at radius 1 is 1.11 bits per heavy atom. The van der Waals surface area contributed by atoms with Crippen LogP contribution in [0.5, 0.6) is 0 Å². The molecule has 0 aliphatic rings. The van der Waals surface area contributed by atoms with Crippen LogP contribution in [0.4, 0.5) is 8.78 Å². The third-order valence-corrected chi connectivity index (χ3v) is 3.54. The van der Waals surface area contributed by atoms with Gasteiger partial charge in [-0.25, -0.2) is 8.78 Å². The zero-order valence-electron chi connectivity index (χ0n) is 9.59. The van der Waals surface area contributed by atoms with E-state index in [1.807, 2.05) is 0 Å². The molecule has 0 aromatic heterocycles. The van der Waals surface area contributed by atoms with Crippen molar-refractivity contribution < 1.29 is 13.6 Å². The third-order valence-electron chi connectivity index (χ3n) is 2.59. The molecule has 0 atom stereocenters. The Labute approximate surface area is 122 Å². The molecule has 5 heteroatoms. The van der Waals surface area contributed by atoms with Gasteiger partial charge in [0.25, 0.3) is 0 Å². The maximum Gasteiger partial charge on any atom is 0.167 e. The van der Waals surface area contributed by atoms with Crippen LogP contribution in [0, 0.1) is 11.6 Å². The minimum atomic E-state index is -0.575. The monoisotopic (exact) mass is 344 g/mol. The standard InChI is InChI=1S/C14H8BrClF2O/c15-10-3-2-9(7-12(10)17)14(19)6-8-1-4-11(16)13(18)5-8/h1-5,7H,6H2. The molecule has 1 nitrogen and oxygen atoms in total. The molecule has 0 amide bonds. The molecule has 0 heterocycles. The fourth-order valence-electron chi connectivity index (χ4n) is 1.61. The van der Waals surface area contributed by atoms with Gasteiger partial charge in [0.2, 0.25) is 0 Å². The zero-order chi connectivity index (χ0) is 14.0. The number of hydrogen-bond donors (Lipinski definition) is 0. The highest BCUT2D eigenvalue weighted by Gasteiger charge is 2.11. The van der Waals surface area contributed by atoms with Crippen LogP contribution >= 0.6 is 27.5 Å². The number of ketones is 1. The number of Topliss-reactive ketones (excluding diaryl/α,β-unsaturated/α-hetero) is 1. The van der Waals surface area contributed by atoms with E-state index >= 15 is 0 Å². The van der Waals surface area contributed by atoms with E-state index in [2.05, 4.69) is 15.9 Å². The molecule has 0 saturated heterocycles. The first kappa shape index (κ1) is 14.2. The maximum absolute atomic E-state index is 13.3. The Kier molecular flexibility index (Phi) is 4.32. The molecule has 0 spiro atoms. The summed E-state index contributed by atoms with van der Waals surface area (Å²) in [7, 11) is 0. The summed E-state index contributed by atoms with van der Waals surface area (Å²) in [4.78, 5) is 11.9. The van der Waals surface area contributed by atoms with E-state index in [9.17, 15) is 13.6 Å². The normalized spacial score (nSPS) is 10.5. The van der Waals surface area contributed by atoms with Crippen molar-refractivity contribution in [1.29, 1.82) is 0 Å². The second kappa shape index (κ2) is 5.80. The summed E-state index contributed by atoms with van der Waals surface area (Å²) in [5.74, 6) is -1.37. The number of carbonyl (C=O) groups is 1. The smallest absolute Gasteiger partial charge is 0.167 e. The SMILES string of the molecule is O=C(Cc1ccc(Cl)c(F)c1)c1ccc(Br)c(F)c1. The fourth-order valence-corrected chi connectivity index (χ4v) is 1.97. The van der Waals surface area contributed by atoms with Gasteiger partial charge in [-0.05, 0) is 45.8 Å². The molecule has 19 heavy (non-hydrogen) atoms. The van der Waals surface area contributed by atoms with Gasteiger partial charge in [0.1, 0.15) is 11.6 Å². The van der Waals surface area contributed by atoms with Crippen LogP contribution in [-0.4, -0.2) is 5.78 Å². The summed E-state index contributed by atoms with van der Waals surface area (Å²) in [6.07, 6.45) is -0.00480. The van der Waals surface area contributed by atoms with E-state index in [1.54, 1.807) is 6.07 Å². The van der Waals surface area contributed by atoms with Crippen molar-refractivity contribution in [2.75, 3.05) is 0 Å². The summed E-state index contributed by atoms with van der Waals surface area (Å²) in [5, 5.41) is 0.00545. The van der Waals surface area contributed by atoms with Crippen molar-refractivity contribution in [3.8, 4) is 0 Å². The molecule has 0 N–H and O–H groups in total. The zero-order valence-corrected chi connectivity index (χ0v) is 11.9. The highest BCUT2D eigenvalue weighted by Crippen LogP contribution is 2.19. The molecular formula is C14H8BrClF2O. The number of benzene rings is 2. The molecule has 98 valence electrons. The van der Waals surface area contributed by atoms with Crippen molar-refractivity contribution in [3.63, 3.8) is 0 Å². The number of carbonyl (C=O) groups excluding carboxylic acids is 1. The summed E-state index contributed by atoms with van der Waals surface area (Å²) < 4.78 is 26.9. The van der Waals surface area contributed by atoms with Crippen molar-refractivity contribution in [3.05, 3.63) is 68.7 Å². The minimum Gasteiger partial charge on any atom is -0.294 e. The Balaban J connectivity index is 2.20. The average molecular weight is 346 g/mol. The van der Waals surface area contributed by atoms with E-state index in [-0.39, 0.29) is 22.8 Å². The average Bonchev–Trinajstić information content (AvgIpc) is 2.37. The Morgan fingerprint density at radius 2 is 1.84 bits per heavy atom. The van der Waals surface area contributed by atoms with Crippen molar-refractivity contribution in [2.45, 2.75) is 6.42 Å². The quantitative estimate of drug-likeness (QED) is 0.730. The molecule has 0 unspecified atom stereocenters. The van der Waals surface area contributed by atoms with Crippen LogP contribution < -0.4 is 0 Å². The highest BCUT2D eigenvalue weighted by molar-refractivity contribution is 9.10. The van der Waals surface area contributed by atoms with E-state index < -0.39 is 11.6 Å². The maximum atomic E-state index is 13.3. The molecule has 0 fully saturated rings. The van der Waals surface area contributed by atoms with E-state index in [0.717, 1.165) is 6.07 Å². The van der Waals surface area contributed by atoms with Gasteiger partial charge in [-0.1, -0.05) is 23.7 Å². The topological polar surface area (TPSA) is 17.1 Å². The van der Waals surface area contributed by atoms with Crippen LogP contribution in [0.25, 0.3) is 0 Å². The van der Waals surface area contributed by atoms with E-state index in [1.165, 1.54) is 24.3 Å². The Bertz CT molecular complexity index is 643. The number of halogens is 4.